The van der Waals surface area contributed by atoms with Crippen LogP contribution in [0.4, 0.5) is 0 Å². The molecule has 1 atom stereocenters. The molecule has 104 valence electrons. The van der Waals surface area contributed by atoms with Crippen molar-refractivity contribution in [1.82, 2.24) is 14.5 Å². The molecular formula is C15H16BrN3O. The molecule has 1 unspecified atom stereocenters. The molecule has 0 saturated heterocycles. The van der Waals surface area contributed by atoms with E-state index in [0.29, 0.717) is 12.2 Å². The predicted molar refractivity (Wildman–Crippen MR) is 80.6 cm³/mol. The summed E-state index contributed by atoms with van der Waals surface area (Å²) in [5, 5.41) is 0. The first-order chi connectivity index (χ1) is 9.59. The lowest BCUT2D eigenvalue weighted by Crippen LogP contribution is -2.41. The van der Waals surface area contributed by atoms with E-state index in [9.17, 15) is 4.79 Å². The van der Waals surface area contributed by atoms with Gasteiger partial charge >= 0.3 is 0 Å². The Morgan fingerprint density at radius 1 is 1.35 bits per heavy atom. The molecule has 0 radical (unpaired) electrons. The molecular weight excluding hydrogens is 318 g/mol. The largest absolute Gasteiger partial charge is 0.345 e. The van der Waals surface area contributed by atoms with E-state index in [1.165, 1.54) is 11.4 Å². The summed E-state index contributed by atoms with van der Waals surface area (Å²) < 4.78 is 3.02. The lowest BCUT2D eigenvalue weighted by Gasteiger charge is -2.35. The van der Waals surface area contributed by atoms with E-state index in [1.54, 1.807) is 6.20 Å². The summed E-state index contributed by atoms with van der Waals surface area (Å²) in [5.41, 5.74) is 2.92. The molecule has 0 spiro atoms. The van der Waals surface area contributed by atoms with E-state index < -0.39 is 0 Å². The molecule has 0 bridgehead atoms. The molecule has 4 nitrogen and oxygen atoms in total. The Morgan fingerprint density at radius 2 is 2.15 bits per heavy atom. The van der Waals surface area contributed by atoms with E-state index in [2.05, 4.69) is 51.5 Å². The van der Waals surface area contributed by atoms with Crippen LogP contribution in [0.25, 0.3) is 0 Å². The molecule has 1 aliphatic rings. The van der Waals surface area contributed by atoms with Crippen LogP contribution in [0.15, 0.2) is 34.9 Å². The molecule has 3 rings (SSSR count). The van der Waals surface area contributed by atoms with Crippen molar-refractivity contribution in [3.8, 4) is 0 Å². The predicted octanol–water partition coefficient (Wildman–Crippen LogP) is 3.17. The molecule has 1 amide bonds. The number of fused-ring (bicyclic) bond motifs is 1. The first-order valence-corrected chi connectivity index (χ1v) is 7.46. The first kappa shape index (κ1) is 13.4. The summed E-state index contributed by atoms with van der Waals surface area (Å²) in [4.78, 5) is 18.8. The average Bonchev–Trinajstić information content (AvgIpc) is 2.82. The lowest BCUT2D eigenvalue weighted by molar-refractivity contribution is 0.0635. The number of carbonyl (C=O) groups is 1. The minimum Gasteiger partial charge on any atom is -0.345 e. The molecule has 0 aromatic carbocycles. The first-order valence-electron chi connectivity index (χ1n) is 6.67. The van der Waals surface area contributed by atoms with Gasteiger partial charge in [0.1, 0.15) is 5.69 Å². The van der Waals surface area contributed by atoms with Gasteiger partial charge in [-0.15, -0.1) is 0 Å². The highest BCUT2D eigenvalue weighted by atomic mass is 79.9. The second kappa shape index (κ2) is 5.05. The van der Waals surface area contributed by atoms with Crippen LogP contribution in [0.2, 0.25) is 0 Å². The van der Waals surface area contributed by atoms with Gasteiger partial charge in [-0.05, 0) is 54.0 Å². The van der Waals surface area contributed by atoms with Crippen LogP contribution in [0, 0.1) is 6.92 Å². The van der Waals surface area contributed by atoms with Crippen molar-refractivity contribution in [2.45, 2.75) is 26.4 Å². The van der Waals surface area contributed by atoms with Crippen LogP contribution in [0.3, 0.4) is 0 Å². The Balaban J connectivity index is 1.93. The second-order valence-electron chi connectivity index (χ2n) is 5.06. The molecule has 2 aromatic rings. The van der Waals surface area contributed by atoms with Gasteiger partial charge in [0.15, 0.2) is 0 Å². The number of halogens is 1. The summed E-state index contributed by atoms with van der Waals surface area (Å²) in [6, 6.07) is 7.94. The molecule has 0 aliphatic carbocycles. The fourth-order valence-corrected chi connectivity index (χ4v) is 3.20. The van der Waals surface area contributed by atoms with Gasteiger partial charge in [-0.3, -0.25) is 4.79 Å². The number of nitrogens with zero attached hydrogens (tertiary/aromatic N) is 3. The summed E-state index contributed by atoms with van der Waals surface area (Å²) in [6.45, 7) is 5.72. The maximum Gasteiger partial charge on any atom is 0.274 e. The van der Waals surface area contributed by atoms with E-state index in [0.717, 1.165) is 11.0 Å². The number of rotatable bonds is 1. The van der Waals surface area contributed by atoms with E-state index in [4.69, 9.17) is 0 Å². The van der Waals surface area contributed by atoms with Crippen LogP contribution < -0.4 is 0 Å². The second-order valence-corrected chi connectivity index (χ2v) is 5.91. The van der Waals surface area contributed by atoms with Crippen molar-refractivity contribution < 1.29 is 4.79 Å². The molecule has 2 aromatic heterocycles. The van der Waals surface area contributed by atoms with Gasteiger partial charge in [0.05, 0.1) is 6.04 Å². The molecule has 0 N–H and O–H groups in total. The average molecular weight is 334 g/mol. The van der Waals surface area contributed by atoms with Crippen LogP contribution in [0.1, 0.15) is 34.8 Å². The fourth-order valence-electron chi connectivity index (χ4n) is 2.78. The Labute approximate surface area is 126 Å². The maximum atomic E-state index is 12.7. The zero-order valence-electron chi connectivity index (χ0n) is 11.5. The van der Waals surface area contributed by atoms with Crippen molar-refractivity contribution in [3.63, 3.8) is 0 Å². The molecule has 5 heteroatoms. The van der Waals surface area contributed by atoms with Crippen LogP contribution in [0.5, 0.6) is 0 Å². The van der Waals surface area contributed by atoms with E-state index >= 15 is 0 Å². The Morgan fingerprint density at radius 3 is 2.90 bits per heavy atom. The van der Waals surface area contributed by atoms with Crippen LogP contribution in [-0.2, 0) is 6.54 Å². The number of aromatic nitrogens is 2. The van der Waals surface area contributed by atoms with Gasteiger partial charge < -0.3 is 9.47 Å². The molecule has 20 heavy (non-hydrogen) atoms. The molecule has 0 fully saturated rings. The SMILES string of the molecule is Cc1ccc2n1CCN(C(=O)c1ncccc1Br)C2C. The normalized spacial score (nSPS) is 17.9. The number of amides is 1. The summed E-state index contributed by atoms with van der Waals surface area (Å²) in [5.74, 6) is -0.0184. The monoisotopic (exact) mass is 333 g/mol. The van der Waals surface area contributed by atoms with E-state index in [-0.39, 0.29) is 11.9 Å². The number of carbonyl (C=O) groups excluding carboxylic acids is 1. The zero-order chi connectivity index (χ0) is 14.3. The fraction of sp³-hybridized carbons (Fsp3) is 0.333. The van der Waals surface area contributed by atoms with Crippen molar-refractivity contribution in [2.24, 2.45) is 0 Å². The van der Waals surface area contributed by atoms with Gasteiger partial charge in [-0.25, -0.2) is 4.98 Å². The molecule has 1 aliphatic heterocycles. The van der Waals surface area contributed by atoms with Crippen molar-refractivity contribution in [3.05, 3.63) is 52.0 Å². The third kappa shape index (κ3) is 2.06. The third-order valence-electron chi connectivity index (χ3n) is 3.91. The van der Waals surface area contributed by atoms with E-state index in [1.807, 2.05) is 17.0 Å². The Hall–Kier alpha value is -1.62. The van der Waals surface area contributed by atoms with Gasteiger partial charge in [-0.2, -0.15) is 0 Å². The third-order valence-corrected chi connectivity index (χ3v) is 4.55. The topological polar surface area (TPSA) is 38.1 Å². The van der Waals surface area contributed by atoms with Gasteiger partial charge in [0.2, 0.25) is 0 Å². The highest BCUT2D eigenvalue weighted by Gasteiger charge is 2.30. The van der Waals surface area contributed by atoms with Crippen molar-refractivity contribution in [2.75, 3.05) is 6.54 Å². The molecule has 3 heterocycles. The van der Waals surface area contributed by atoms with Crippen molar-refractivity contribution >= 4 is 21.8 Å². The van der Waals surface area contributed by atoms with Crippen LogP contribution in [-0.4, -0.2) is 26.9 Å². The van der Waals surface area contributed by atoms with Crippen molar-refractivity contribution in [1.29, 1.82) is 0 Å². The van der Waals surface area contributed by atoms with Gasteiger partial charge in [-0.1, -0.05) is 0 Å². The minimum absolute atomic E-state index is 0.0184. The Bertz CT molecular complexity index is 665. The number of pyridine rings is 1. The van der Waals surface area contributed by atoms with Gasteiger partial charge in [0.25, 0.3) is 5.91 Å². The summed E-state index contributed by atoms with van der Waals surface area (Å²) in [6.07, 6.45) is 1.65. The molecule has 0 saturated carbocycles. The number of aryl methyl sites for hydroxylation is 1. The highest BCUT2D eigenvalue weighted by Crippen LogP contribution is 2.29. The maximum absolute atomic E-state index is 12.7. The number of hydrogen-bond donors (Lipinski definition) is 0. The van der Waals surface area contributed by atoms with Gasteiger partial charge in [0, 0.05) is 35.1 Å². The minimum atomic E-state index is -0.0184. The lowest BCUT2D eigenvalue weighted by atomic mass is 10.1. The Kier molecular flexibility index (Phi) is 3.38. The zero-order valence-corrected chi connectivity index (χ0v) is 13.1. The number of hydrogen-bond acceptors (Lipinski definition) is 2. The smallest absolute Gasteiger partial charge is 0.274 e. The quantitative estimate of drug-likeness (QED) is 0.803. The standard InChI is InChI=1S/C15H16BrN3O/c1-10-5-6-13-11(2)19(9-8-18(10)13)15(20)14-12(16)4-3-7-17-14/h3-7,11H,8-9H2,1-2H3. The highest BCUT2D eigenvalue weighted by molar-refractivity contribution is 9.10. The summed E-state index contributed by atoms with van der Waals surface area (Å²) in [7, 11) is 0. The van der Waals surface area contributed by atoms with Crippen LogP contribution >= 0.6 is 15.9 Å². The summed E-state index contributed by atoms with van der Waals surface area (Å²) >= 11 is 3.40.